The number of aromatic nitrogens is 4. The number of carbonyl (C=O) groups is 1. The molecule has 2 heterocycles. The normalized spacial score (nSPS) is 19.6. The Morgan fingerprint density at radius 3 is 2.91 bits per heavy atom. The summed E-state index contributed by atoms with van der Waals surface area (Å²) in [5.74, 6) is -0.0774. The molecule has 0 spiro atoms. The lowest BCUT2D eigenvalue weighted by Crippen LogP contribution is -2.42. The van der Waals surface area contributed by atoms with Gasteiger partial charge in [0.2, 0.25) is 5.91 Å². The maximum Gasteiger partial charge on any atom is 0.249 e. The molecule has 2 atom stereocenters. The molecule has 2 aromatic rings. The number of likely N-dealkylation sites (N-methyl/N-ethyl adjacent to an activating group) is 1. The molecule has 0 radical (unpaired) electrons. The SMILES string of the molecule is CCN1CCC[C@H]1CNC(=O)[C@H](c1ccccc1)n1cnnn1. The van der Waals surface area contributed by atoms with E-state index in [2.05, 4.69) is 32.7 Å². The average molecular weight is 314 g/mol. The summed E-state index contributed by atoms with van der Waals surface area (Å²) in [4.78, 5) is 15.2. The van der Waals surface area contributed by atoms with Crippen molar-refractivity contribution in [3.05, 3.63) is 42.2 Å². The topological polar surface area (TPSA) is 75.9 Å². The van der Waals surface area contributed by atoms with Gasteiger partial charge in [-0.25, -0.2) is 4.68 Å². The van der Waals surface area contributed by atoms with E-state index in [0.717, 1.165) is 25.1 Å². The van der Waals surface area contributed by atoms with Crippen molar-refractivity contribution in [2.24, 2.45) is 0 Å². The molecule has 0 bridgehead atoms. The van der Waals surface area contributed by atoms with Gasteiger partial charge >= 0.3 is 0 Å². The van der Waals surface area contributed by atoms with Crippen LogP contribution in [-0.4, -0.2) is 56.7 Å². The molecule has 7 heteroatoms. The van der Waals surface area contributed by atoms with Crippen LogP contribution in [0.15, 0.2) is 36.7 Å². The first-order chi connectivity index (χ1) is 11.3. The van der Waals surface area contributed by atoms with Crippen molar-refractivity contribution in [3.8, 4) is 0 Å². The minimum absolute atomic E-state index is 0.0774. The average Bonchev–Trinajstić information content (AvgIpc) is 3.25. The van der Waals surface area contributed by atoms with Crippen LogP contribution in [0.3, 0.4) is 0 Å². The van der Waals surface area contributed by atoms with Crippen molar-refractivity contribution in [3.63, 3.8) is 0 Å². The highest BCUT2D eigenvalue weighted by molar-refractivity contribution is 5.83. The fourth-order valence-electron chi connectivity index (χ4n) is 3.20. The van der Waals surface area contributed by atoms with Crippen molar-refractivity contribution < 1.29 is 4.79 Å². The second kappa shape index (κ2) is 7.32. The zero-order valence-electron chi connectivity index (χ0n) is 13.3. The highest BCUT2D eigenvalue weighted by Gasteiger charge is 2.27. The Labute approximate surface area is 135 Å². The number of nitrogens with one attached hydrogen (secondary N) is 1. The van der Waals surface area contributed by atoms with E-state index in [9.17, 15) is 4.79 Å². The number of hydrogen-bond acceptors (Lipinski definition) is 5. The highest BCUT2D eigenvalue weighted by atomic mass is 16.2. The maximum atomic E-state index is 12.7. The molecule has 1 amide bonds. The number of rotatable bonds is 6. The molecule has 0 unspecified atom stereocenters. The Morgan fingerprint density at radius 1 is 1.39 bits per heavy atom. The summed E-state index contributed by atoms with van der Waals surface area (Å²) < 4.78 is 1.50. The van der Waals surface area contributed by atoms with E-state index in [1.165, 1.54) is 17.4 Å². The van der Waals surface area contributed by atoms with E-state index < -0.39 is 6.04 Å². The van der Waals surface area contributed by atoms with Gasteiger partial charge in [0, 0.05) is 12.6 Å². The Kier molecular flexibility index (Phi) is 4.97. The first-order valence-electron chi connectivity index (χ1n) is 8.08. The molecule has 0 aliphatic carbocycles. The van der Waals surface area contributed by atoms with E-state index >= 15 is 0 Å². The largest absolute Gasteiger partial charge is 0.352 e. The van der Waals surface area contributed by atoms with Gasteiger partial charge in [-0.3, -0.25) is 9.69 Å². The summed E-state index contributed by atoms with van der Waals surface area (Å²) in [7, 11) is 0. The van der Waals surface area contributed by atoms with Crippen LogP contribution in [0.25, 0.3) is 0 Å². The standard InChI is InChI=1S/C16H22N6O/c1-2-21-10-6-9-14(21)11-17-16(23)15(22-12-18-19-20-22)13-7-4-3-5-8-13/h3-5,7-8,12,14-15H,2,6,9-11H2,1H3,(H,17,23)/t14-,15-/m0/s1. The molecular formula is C16H22N6O. The van der Waals surface area contributed by atoms with Crippen molar-refractivity contribution in [2.45, 2.75) is 31.8 Å². The van der Waals surface area contributed by atoms with E-state index in [4.69, 9.17) is 0 Å². The molecule has 3 rings (SSSR count). The van der Waals surface area contributed by atoms with Gasteiger partial charge < -0.3 is 5.32 Å². The van der Waals surface area contributed by atoms with Gasteiger partial charge in [-0.15, -0.1) is 5.10 Å². The summed E-state index contributed by atoms with van der Waals surface area (Å²) in [5, 5.41) is 14.3. The summed E-state index contributed by atoms with van der Waals surface area (Å²) in [6.07, 6.45) is 3.81. The molecule has 1 aliphatic rings. The molecule has 1 aromatic heterocycles. The van der Waals surface area contributed by atoms with Gasteiger partial charge in [0.05, 0.1) is 0 Å². The van der Waals surface area contributed by atoms with Crippen LogP contribution in [0.5, 0.6) is 0 Å². The maximum absolute atomic E-state index is 12.7. The van der Waals surface area contributed by atoms with Gasteiger partial charge in [-0.1, -0.05) is 37.3 Å². The number of likely N-dealkylation sites (tertiary alicyclic amines) is 1. The van der Waals surface area contributed by atoms with Crippen molar-refractivity contribution in [1.82, 2.24) is 30.4 Å². The molecule has 1 saturated heterocycles. The first-order valence-corrected chi connectivity index (χ1v) is 8.08. The van der Waals surface area contributed by atoms with Crippen LogP contribution in [-0.2, 0) is 4.79 Å². The van der Waals surface area contributed by atoms with Gasteiger partial charge in [0.1, 0.15) is 6.33 Å². The van der Waals surface area contributed by atoms with E-state index in [-0.39, 0.29) is 5.91 Å². The molecule has 1 fully saturated rings. The quantitative estimate of drug-likeness (QED) is 0.856. The number of tetrazole rings is 1. The van der Waals surface area contributed by atoms with Gasteiger partial charge in [0.25, 0.3) is 0 Å². The molecule has 7 nitrogen and oxygen atoms in total. The summed E-state index contributed by atoms with van der Waals surface area (Å²) in [6, 6.07) is 9.47. The molecule has 23 heavy (non-hydrogen) atoms. The van der Waals surface area contributed by atoms with Crippen LogP contribution in [0.1, 0.15) is 31.4 Å². The van der Waals surface area contributed by atoms with Crippen molar-refractivity contribution in [2.75, 3.05) is 19.6 Å². The van der Waals surface area contributed by atoms with Gasteiger partial charge in [0.15, 0.2) is 6.04 Å². The lowest BCUT2D eigenvalue weighted by atomic mass is 10.1. The Morgan fingerprint density at radius 2 is 2.22 bits per heavy atom. The van der Waals surface area contributed by atoms with E-state index in [1.807, 2.05) is 30.3 Å². The summed E-state index contributed by atoms with van der Waals surface area (Å²) in [5.41, 5.74) is 0.871. The highest BCUT2D eigenvalue weighted by Crippen LogP contribution is 2.18. The molecule has 0 saturated carbocycles. The Bertz CT molecular complexity index is 615. The van der Waals surface area contributed by atoms with Crippen LogP contribution >= 0.6 is 0 Å². The molecule has 1 aromatic carbocycles. The summed E-state index contributed by atoms with van der Waals surface area (Å²) in [6.45, 7) is 4.97. The number of hydrogen-bond donors (Lipinski definition) is 1. The smallest absolute Gasteiger partial charge is 0.249 e. The van der Waals surface area contributed by atoms with Crippen molar-refractivity contribution in [1.29, 1.82) is 0 Å². The molecular weight excluding hydrogens is 292 g/mol. The predicted octanol–water partition coefficient (Wildman–Crippen LogP) is 0.863. The fraction of sp³-hybridized carbons (Fsp3) is 0.500. The van der Waals surface area contributed by atoms with Crippen LogP contribution in [0, 0.1) is 0 Å². The monoisotopic (exact) mass is 314 g/mol. The van der Waals surface area contributed by atoms with Crippen LogP contribution in [0.4, 0.5) is 0 Å². The number of amides is 1. The second-order valence-corrected chi connectivity index (χ2v) is 5.77. The Hall–Kier alpha value is -2.28. The number of benzene rings is 1. The zero-order valence-corrected chi connectivity index (χ0v) is 13.3. The lowest BCUT2D eigenvalue weighted by Gasteiger charge is -2.24. The Balaban J connectivity index is 1.71. The molecule has 1 N–H and O–H groups in total. The van der Waals surface area contributed by atoms with Crippen molar-refractivity contribution >= 4 is 5.91 Å². The third-order valence-electron chi connectivity index (χ3n) is 4.41. The van der Waals surface area contributed by atoms with E-state index in [1.54, 1.807) is 0 Å². The van der Waals surface area contributed by atoms with Gasteiger partial charge in [-0.2, -0.15) is 0 Å². The van der Waals surface area contributed by atoms with E-state index in [0.29, 0.717) is 12.6 Å². The third kappa shape index (κ3) is 3.56. The minimum atomic E-state index is -0.539. The predicted molar refractivity (Wildman–Crippen MR) is 85.7 cm³/mol. The first kappa shape index (κ1) is 15.6. The second-order valence-electron chi connectivity index (χ2n) is 5.77. The molecule has 122 valence electrons. The zero-order chi connectivity index (χ0) is 16.1. The number of nitrogens with zero attached hydrogens (tertiary/aromatic N) is 5. The van der Waals surface area contributed by atoms with Gasteiger partial charge in [-0.05, 0) is 41.9 Å². The van der Waals surface area contributed by atoms with Crippen LogP contribution in [0.2, 0.25) is 0 Å². The number of carbonyl (C=O) groups excluding carboxylic acids is 1. The molecule has 1 aliphatic heterocycles. The minimum Gasteiger partial charge on any atom is -0.352 e. The lowest BCUT2D eigenvalue weighted by molar-refractivity contribution is -0.123. The third-order valence-corrected chi connectivity index (χ3v) is 4.41. The fourth-order valence-corrected chi connectivity index (χ4v) is 3.20. The van der Waals surface area contributed by atoms with Crippen LogP contribution < -0.4 is 5.32 Å². The summed E-state index contributed by atoms with van der Waals surface area (Å²) >= 11 is 0.